The van der Waals surface area contributed by atoms with Crippen LogP contribution in [0.3, 0.4) is 0 Å². The summed E-state index contributed by atoms with van der Waals surface area (Å²) < 4.78 is 14.3. The van der Waals surface area contributed by atoms with Crippen LogP contribution in [0.15, 0.2) is 46.9 Å². The molecule has 2 nitrogen and oxygen atoms in total. The number of anilines is 1. The van der Waals surface area contributed by atoms with E-state index in [1.54, 1.807) is 12.1 Å². The van der Waals surface area contributed by atoms with Crippen molar-refractivity contribution in [3.05, 3.63) is 63.9 Å². The first-order chi connectivity index (χ1) is 10.2. The summed E-state index contributed by atoms with van der Waals surface area (Å²) in [6, 6.07) is 13.7. The van der Waals surface area contributed by atoms with Gasteiger partial charge in [-0.15, -0.1) is 0 Å². The lowest BCUT2D eigenvalue weighted by Crippen LogP contribution is -2.37. The van der Waals surface area contributed by atoms with Crippen LogP contribution in [-0.4, -0.2) is 13.1 Å². The van der Waals surface area contributed by atoms with E-state index in [4.69, 9.17) is 5.73 Å². The fourth-order valence-electron chi connectivity index (χ4n) is 3.05. The molecule has 0 radical (unpaired) electrons. The van der Waals surface area contributed by atoms with Crippen molar-refractivity contribution in [3.8, 4) is 0 Å². The van der Waals surface area contributed by atoms with Gasteiger partial charge in [0.05, 0.1) is 10.5 Å². The minimum absolute atomic E-state index is 0.00838. The molecule has 1 atom stereocenters. The molecule has 1 aliphatic heterocycles. The highest BCUT2D eigenvalue weighted by Crippen LogP contribution is 2.34. The number of halogens is 2. The molecule has 0 spiro atoms. The third-order valence-corrected chi connectivity index (χ3v) is 4.72. The van der Waals surface area contributed by atoms with Gasteiger partial charge in [0.2, 0.25) is 0 Å². The summed E-state index contributed by atoms with van der Waals surface area (Å²) in [5.74, 6) is -0.240. The van der Waals surface area contributed by atoms with Crippen LogP contribution in [0.2, 0.25) is 0 Å². The molecular weight excluding hydrogens is 331 g/mol. The first kappa shape index (κ1) is 14.5. The van der Waals surface area contributed by atoms with Crippen LogP contribution in [0.5, 0.6) is 0 Å². The van der Waals surface area contributed by atoms with Crippen molar-refractivity contribution in [2.24, 2.45) is 5.73 Å². The van der Waals surface area contributed by atoms with Crippen molar-refractivity contribution in [2.75, 3.05) is 18.0 Å². The summed E-state index contributed by atoms with van der Waals surface area (Å²) in [6.45, 7) is 1.42. The standard InChI is InChI=1S/C17H18BrFN2/c18-14-8-7-13(10-15(14)19)17(11-20)21-9-3-5-12-4-1-2-6-16(12)21/h1-2,4,6-8,10,17H,3,5,9,11,20H2. The zero-order valence-corrected chi connectivity index (χ0v) is 13.3. The number of para-hydroxylation sites is 1. The summed E-state index contributed by atoms with van der Waals surface area (Å²) in [4.78, 5) is 2.31. The predicted octanol–water partition coefficient (Wildman–Crippen LogP) is 4.04. The second-order valence-corrected chi connectivity index (χ2v) is 6.21. The molecule has 2 aromatic rings. The SMILES string of the molecule is NCC(c1ccc(Br)c(F)c1)N1CCCc2ccccc21. The zero-order valence-electron chi connectivity index (χ0n) is 11.7. The normalized spacial score (nSPS) is 15.7. The van der Waals surface area contributed by atoms with E-state index < -0.39 is 0 Å². The molecule has 0 saturated heterocycles. The Kier molecular flexibility index (Phi) is 4.27. The van der Waals surface area contributed by atoms with Gasteiger partial charge in [0.25, 0.3) is 0 Å². The summed E-state index contributed by atoms with van der Waals surface area (Å²) >= 11 is 3.20. The minimum atomic E-state index is -0.240. The van der Waals surface area contributed by atoms with Gasteiger partial charge in [-0.05, 0) is 58.1 Å². The Balaban J connectivity index is 1.99. The number of rotatable bonds is 3. The fraction of sp³-hybridized carbons (Fsp3) is 0.294. The second-order valence-electron chi connectivity index (χ2n) is 5.35. The molecule has 0 amide bonds. The van der Waals surface area contributed by atoms with Crippen LogP contribution in [0.1, 0.15) is 23.6 Å². The van der Waals surface area contributed by atoms with Crippen LogP contribution >= 0.6 is 15.9 Å². The quantitative estimate of drug-likeness (QED) is 0.906. The average Bonchev–Trinajstić information content (AvgIpc) is 2.52. The number of nitrogens with zero attached hydrogens (tertiary/aromatic N) is 1. The van der Waals surface area contributed by atoms with E-state index in [2.05, 4.69) is 39.0 Å². The highest BCUT2D eigenvalue weighted by atomic mass is 79.9. The first-order valence-corrected chi connectivity index (χ1v) is 7.99. The molecule has 2 aromatic carbocycles. The van der Waals surface area contributed by atoms with Crippen molar-refractivity contribution < 1.29 is 4.39 Å². The van der Waals surface area contributed by atoms with Gasteiger partial charge in [-0.1, -0.05) is 24.3 Å². The second kappa shape index (κ2) is 6.16. The van der Waals surface area contributed by atoms with Crippen molar-refractivity contribution in [2.45, 2.75) is 18.9 Å². The van der Waals surface area contributed by atoms with Gasteiger partial charge in [-0.3, -0.25) is 0 Å². The molecule has 0 aliphatic carbocycles. The Bertz CT molecular complexity index is 644. The number of benzene rings is 2. The Hall–Kier alpha value is -1.39. The van der Waals surface area contributed by atoms with Crippen molar-refractivity contribution in [3.63, 3.8) is 0 Å². The highest BCUT2D eigenvalue weighted by Gasteiger charge is 2.24. The lowest BCUT2D eigenvalue weighted by molar-refractivity contribution is 0.576. The molecule has 0 bridgehead atoms. The third-order valence-electron chi connectivity index (χ3n) is 4.07. The zero-order chi connectivity index (χ0) is 14.8. The van der Waals surface area contributed by atoms with Crippen LogP contribution < -0.4 is 10.6 Å². The Morgan fingerprint density at radius 2 is 2.05 bits per heavy atom. The summed E-state index contributed by atoms with van der Waals surface area (Å²) in [7, 11) is 0. The van der Waals surface area contributed by atoms with Gasteiger partial charge in [-0.25, -0.2) is 4.39 Å². The minimum Gasteiger partial charge on any atom is -0.363 e. The maximum absolute atomic E-state index is 13.8. The Morgan fingerprint density at radius 3 is 2.81 bits per heavy atom. The smallest absolute Gasteiger partial charge is 0.137 e. The lowest BCUT2D eigenvalue weighted by atomic mass is 9.97. The highest BCUT2D eigenvalue weighted by molar-refractivity contribution is 9.10. The molecule has 21 heavy (non-hydrogen) atoms. The van der Waals surface area contributed by atoms with Crippen LogP contribution in [0.4, 0.5) is 10.1 Å². The van der Waals surface area contributed by atoms with Crippen molar-refractivity contribution in [1.29, 1.82) is 0 Å². The van der Waals surface area contributed by atoms with Crippen molar-refractivity contribution in [1.82, 2.24) is 0 Å². The number of hydrogen-bond donors (Lipinski definition) is 1. The molecule has 0 aromatic heterocycles. The van der Waals surface area contributed by atoms with E-state index in [1.807, 2.05) is 12.1 Å². The molecule has 3 rings (SSSR count). The molecule has 1 heterocycles. The number of fused-ring (bicyclic) bond motifs is 1. The van der Waals surface area contributed by atoms with Crippen molar-refractivity contribution >= 4 is 21.6 Å². The maximum Gasteiger partial charge on any atom is 0.137 e. The maximum atomic E-state index is 13.8. The van der Waals surface area contributed by atoms with E-state index in [0.29, 0.717) is 11.0 Å². The molecular formula is C17H18BrFN2. The largest absolute Gasteiger partial charge is 0.363 e. The van der Waals surface area contributed by atoms with Gasteiger partial charge >= 0.3 is 0 Å². The third kappa shape index (κ3) is 2.83. The molecule has 4 heteroatoms. The van der Waals surface area contributed by atoms with E-state index in [-0.39, 0.29) is 11.9 Å². The number of hydrogen-bond acceptors (Lipinski definition) is 2. The van der Waals surface area contributed by atoms with Gasteiger partial charge in [-0.2, -0.15) is 0 Å². The van der Waals surface area contributed by atoms with E-state index in [9.17, 15) is 4.39 Å². The summed E-state index contributed by atoms with van der Waals surface area (Å²) in [5, 5.41) is 0. The van der Waals surface area contributed by atoms with Crippen LogP contribution in [-0.2, 0) is 6.42 Å². The van der Waals surface area contributed by atoms with Crippen LogP contribution in [0, 0.1) is 5.82 Å². The number of aryl methyl sites for hydroxylation is 1. The lowest BCUT2D eigenvalue weighted by Gasteiger charge is -2.37. The molecule has 1 unspecified atom stereocenters. The Morgan fingerprint density at radius 1 is 1.24 bits per heavy atom. The van der Waals surface area contributed by atoms with E-state index >= 15 is 0 Å². The van der Waals surface area contributed by atoms with E-state index in [0.717, 1.165) is 24.9 Å². The van der Waals surface area contributed by atoms with E-state index in [1.165, 1.54) is 11.3 Å². The van der Waals surface area contributed by atoms with Gasteiger partial charge in [0.1, 0.15) is 5.82 Å². The van der Waals surface area contributed by atoms with Gasteiger partial charge in [0.15, 0.2) is 0 Å². The topological polar surface area (TPSA) is 29.3 Å². The molecule has 0 saturated carbocycles. The summed E-state index contributed by atoms with van der Waals surface area (Å²) in [6.07, 6.45) is 2.20. The molecule has 0 fully saturated rings. The molecule has 2 N–H and O–H groups in total. The Labute approximate surface area is 132 Å². The average molecular weight is 349 g/mol. The van der Waals surface area contributed by atoms with Crippen LogP contribution in [0.25, 0.3) is 0 Å². The monoisotopic (exact) mass is 348 g/mol. The first-order valence-electron chi connectivity index (χ1n) is 7.20. The summed E-state index contributed by atoms with van der Waals surface area (Å²) in [5.41, 5.74) is 9.50. The predicted molar refractivity (Wildman–Crippen MR) is 88.0 cm³/mol. The van der Waals surface area contributed by atoms with Gasteiger partial charge in [0, 0.05) is 18.8 Å². The number of nitrogens with two attached hydrogens (primary N) is 1. The molecule has 1 aliphatic rings. The van der Waals surface area contributed by atoms with Gasteiger partial charge < -0.3 is 10.6 Å². The fourth-order valence-corrected chi connectivity index (χ4v) is 3.30. The molecule has 110 valence electrons.